The molecular weight excluding hydrogens is 973 g/mol. The summed E-state index contributed by atoms with van der Waals surface area (Å²) in [6, 6.07) is 0. The molecule has 0 rings (SSSR count). The molecule has 0 fully saturated rings. The van der Waals surface area contributed by atoms with Gasteiger partial charge in [-0.05, 0) is 103 Å². The first-order valence-corrected chi connectivity index (χ1v) is 33.4. The number of ether oxygens (including phenoxy) is 3. The number of allylic oxidation sites excluding steroid dienone is 18. The van der Waals surface area contributed by atoms with Gasteiger partial charge in [-0.15, -0.1) is 0 Å². The highest BCUT2D eigenvalue weighted by Crippen LogP contribution is 2.17. The molecule has 0 aromatic heterocycles. The van der Waals surface area contributed by atoms with Crippen LogP contribution in [0.25, 0.3) is 0 Å². The van der Waals surface area contributed by atoms with Crippen molar-refractivity contribution in [3.63, 3.8) is 0 Å². The van der Waals surface area contributed by atoms with E-state index in [1.807, 2.05) is 0 Å². The zero-order valence-electron chi connectivity index (χ0n) is 51.9. The molecule has 6 nitrogen and oxygen atoms in total. The van der Waals surface area contributed by atoms with Crippen molar-refractivity contribution in [2.45, 2.75) is 322 Å². The van der Waals surface area contributed by atoms with Crippen LogP contribution in [-0.4, -0.2) is 37.2 Å². The van der Waals surface area contributed by atoms with Crippen LogP contribution >= 0.6 is 0 Å². The SMILES string of the molecule is CC/C=C\C/C=C\C/C=C\C/C=C\C/C=C\C/C=C\CCCCCCCCCCCCCCCCC(=O)OCC(COC(=O)CCCCCCCCCCCCC)OC(=O)CCCCCCCCC/C=C\C/C=C\C/C=C\CC. The van der Waals surface area contributed by atoms with E-state index in [1.165, 1.54) is 154 Å². The number of hydrogen-bond donors (Lipinski definition) is 0. The molecule has 0 aliphatic heterocycles. The maximum atomic E-state index is 12.9. The molecule has 0 bridgehead atoms. The molecular formula is C73H124O6. The van der Waals surface area contributed by atoms with Crippen molar-refractivity contribution in [3.05, 3.63) is 109 Å². The van der Waals surface area contributed by atoms with Gasteiger partial charge in [-0.2, -0.15) is 0 Å². The first-order chi connectivity index (χ1) is 39.0. The molecule has 0 aliphatic carbocycles. The fourth-order valence-corrected chi connectivity index (χ4v) is 9.35. The standard InChI is InChI=1S/C73H124O6/c1-4-7-10-13-16-19-22-24-26-28-29-30-31-32-33-34-35-36-37-38-39-40-41-42-43-45-46-48-51-54-57-60-63-66-72(75)78-69-70(68-77-71(74)65-62-59-56-53-50-21-18-15-12-9-6-3)79-73(76)67-64-61-58-55-52-49-47-44-27-25-23-20-17-14-11-8-5-2/h7-8,10-11,16-17,19-20,24-27,29-30,32-33,35-36,70H,4-6,9,12-15,18,21-23,28,31,34,37-69H2,1-3H3/b10-7-,11-8-,19-16-,20-17-,26-24-,27-25-,30-29-,33-32-,36-35-. The van der Waals surface area contributed by atoms with Gasteiger partial charge in [0, 0.05) is 19.3 Å². The van der Waals surface area contributed by atoms with Crippen LogP contribution < -0.4 is 0 Å². The number of hydrogen-bond acceptors (Lipinski definition) is 6. The molecule has 0 heterocycles. The normalized spacial score (nSPS) is 12.8. The Kier molecular flexibility index (Phi) is 63.3. The molecule has 0 saturated heterocycles. The summed E-state index contributed by atoms with van der Waals surface area (Å²) < 4.78 is 16.9. The maximum absolute atomic E-state index is 12.9. The number of unbranched alkanes of at least 4 members (excludes halogenated alkanes) is 31. The highest BCUT2D eigenvalue weighted by Gasteiger charge is 2.19. The van der Waals surface area contributed by atoms with Crippen LogP contribution in [0.4, 0.5) is 0 Å². The van der Waals surface area contributed by atoms with Gasteiger partial charge in [-0.3, -0.25) is 14.4 Å². The average Bonchev–Trinajstić information content (AvgIpc) is 3.45. The van der Waals surface area contributed by atoms with Crippen LogP contribution in [0.5, 0.6) is 0 Å². The van der Waals surface area contributed by atoms with Crippen LogP contribution in [0.15, 0.2) is 109 Å². The van der Waals surface area contributed by atoms with Gasteiger partial charge in [0.25, 0.3) is 0 Å². The predicted octanol–water partition coefficient (Wildman–Crippen LogP) is 23.0. The number of esters is 3. The molecule has 0 aromatic rings. The third-order valence-corrected chi connectivity index (χ3v) is 14.3. The van der Waals surface area contributed by atoms with E-state index in [9.17, 15) is 14.4 Å². The van der Waals surface area contributed by atoms with E-state index in [0.717, 1.165) is 122 Å². The minimum absolute atomic E-state index is 0.0786. The minimum Gasteiger partial charge on any atom is -0.462 e. The van der Waals surface area contributed by atoms with Crippen molar-refractivity contribution >= 4 is 17.9 Å². The van der Waals surface area contributed by atoms with Crippen molar-refractivity contribution in [2.24, 2.45) is 0 Å². The lowest BCUT2D eigenvalue weighted by atomic mass is 10.0. The molecule has 1 atom stereocenters. The van der Waals surface area contributed by atoms with Gasteiger partial charge in [0.15, 0.2) is 6.10 Å². The van der Waals surface area contributed by atoms with Crippen molar-refractivity contribution in [1.82, 2.24) is 0 Å². The molecule has 0 aromatic carbocycles. The Labute approximate surface area is 489 Å². The van der Waals surface area contributed by atoms with Gasteiger partial charge in [0.05, 0.1) is 0 Å². The van der Waals surface area contributed by atoms with Crippen molar-refractivity contribution in [2.75, 3.05) is 13.2 Å². The second-order valence-corrected chi connectivity index (χ2v) is 22.0. The van der Waals surface area contributed by atoms with Crippen molar-refractivity contribution in [1.29, 1.82) is 0 Å². The lowest BCUT2D eigenvalue weighted by Crippen LogP contribution is -2.30. The monoisotopic (exact) mass is 1100 g/mol. The summed E-state index contributed by atoms with van der Waals surface area (Å²) in [4.78, 5) is 38.3. The Balaban J connectivity index is 4.17. The second-order valence-electron chi connectivity index (χ2n) is 22.0. The van der Waals surface area contributed by atoms with Crippen molar-refractivity contribution < 1.29 is 28.6 Å². The molecule has 0 saturated carbocycles. The van der Waals surface area contributed by atoms with Crippen LogP contribution in [0.3, 0.4) is 0 Å². The minimum atomic E-state index is -0.782. The molecule has 6 heteroatoms. The largest absolute Gasteiger partial charge is 0.462 e. The zero-order chi connectivity index (χ0) is 57.1. The lowest BCUT2D eigenvalue weighted by molar-refractivity contribution is -0.167. The fraction of sp³-hybridized carbons (Fsp3) is 0.712. The van der Waals surface area contributed by atoms with Gasteiger partial charge in [0.1, 0.15) is 13.2 Å². The Morgan fingerprint density at radius 3 is 0.772 bits per heavy atom. The molecule has 0 amide bonds. The molecule has 79 heavy (non-hydrogen) atoms. The topological polar surface area (TPSA) is 78.9 Å². The number of carbonyl (C=O) groups is 3. The molecule has 0 spiro atoms. The predicted molar refractivity (Wildman–Crippen MR) is 343 cm³/mol. The van der Waals surface area contributed by atoms with Gasteiger partial charge < -0.3 is 14.2 Å². The van der Waals surface area contributed by atoms with Crippen LogP contribution in [0, 0.1) is 0 Å². The number of carbonyl (C=O) groups excluding carboxylic acids is 3. The van der Waals surface area contributed by atoms with Gasteiger partial charge in [0.2, 0.25) is 0 Å². The fourth-order valence-electron chi connectivity index (χ4n) is 9.35. The summed E-state index contributed by atoms with van der Waals surface area (Å²) in [5, 5.41) is 0. The third-order valence-electron chi connectivity index (χ3n) is 14.3. The quantitative estimate of drug-likeness (QED) is 0.0261. The molecule has 0 aliphatic rings. The third kappa shape index (κ3) is 64.8. The van der Waals surface area contributed by atoms with E-state index in [1.54, 1.807) is 0 Å². The van der Waals surface area contributed by atoms with E-state index < -0.39 is 6.10 Å². The molecule has 452 valence electrons. The summed E-state index contributed by atoms with van der Waals surface area (Å²) in [7, 11) is 0. The van der Waals surface area contributed by atoms with Gasteiger partial charge in [-0.25, -0.2) is 0 Å². The summed E-state index contributed by atoms with van der Waals surface area (Å²) in [6.45, 7) is 6.42. The Morgan fingerprint density at radius 1 is 0.266 bits per heavy atom. The summed E-state index contributed by atoms with van der Waals surface area (Å²) in [6.07, 6.45) is 91.1. The Morgan fingerprint density at radius 2 is 0.494 bits per heavy atom. The first-order valence-electron chi connectivity index (χ1n) is 33.4. The van der Waals surface area contributed by atoms with Gasteiger partial charge in [-0.1, -0.05) is 304 Å². The van der Waals surface area contributed by atoms with E-state index >= 15 is 0 Å². The Hall–Kier alpha value is -3.93. The first kappa shape index (κ1) is 75.1. The van der Waals surface area contributed by atoms with Crippen LogP contribution in [0.1, 0.15) is 316 Å². The van der Waals surface area contributed by atoms with E-state index in [2.05, 4.69) is 130 Å². The molecule has 0 N–H and O–H groups in total. The van der Waals surface area contributed by atoms with E-state index in [-0.39, 0.29) is 31.1 Å². The number of rotatable bonds is 60. The summed E-state index contributed by atoms with van der Waals surface area (Å²) >= 11 is 0. The smallest absolute Gasteiger partial charge is 0.306 e. The van der Waals surface area contributed by atoms with Crippen LogP contribution in [-0.2, 0) is 28.6 Å². The lowest BCUT2D eigenvalue weighted by Gasteiger charge is -2.18. The summed E-state index contributed by atoms with van der Waals surface area (Å²) in [5.41, 5.74) is 0. The zero-order valence-corrected chi connectivity index (χ0v) is 51.9. The van der Waals surface area contributed by atoms with Crippen molar-refractivity contribution in [3.8, 4) is 0 Å². The second kappa shape index (κ2) is 66.6. The Bertz CT molecular complexity index is 1590. The molecule has 0 radical (unpaired) electrons. The summed E-state index contributed by atoms with van der Waals surface area (Å²) in [5.74, 6) is -0.879. The van der Waals surface area contributed by atoms with E-state index in [0.29, 0.717) is 19.3 Å². The maximum Gasteiger partial charge on any atom is 0.306 e. The van der Waals surface area contributed by atoms with Gasteiger partial charge >= 0.3 is 17.9 Å². The highest BCUT2D eigenvalue weighted by atomic mass is 16.6. The highest BCUT2D eigenvalue weighted by molar-refractivity contribution is 5.71. The molecule has 1 unspecified atom stereocenters. The van der Waals surface area contributed by atoms with E-state index in [4.69, 9.17) is 14.2 Å². The average molecular weight is 1100 g/mol. The van der Waals surface area contributed by atoms with Crippen LogP contribution in [0.2, 0.25) is 0 Å².